The summed E-state index contributed by atoms with van der Waals surface area (Å²) in [6, 6.07) is 21.0. The molecule has 5 nitrogen and oxygen atoms in total. The number of benzene rings is 3. The molecular formula is C25H25NO4S. The monoisotopic (exact) mass is 435 g/mol. The summed E-state index contributed by atoms with van der Waals surface area (Å²) in [4.78, 5) is 3.68. The minimum Gasteiger partial charge on any atom is -0.497 e. The molecule has 0 saturated heterocycles. The van der Waals surface area contributed by atoms with Crippen LogP contribution >= 0.6 is 11.8 Å². The van der Waals surface area contributed by atoms with Gasteiger partial charge in [0.2, 0.25) is 6.79 Å². The van der Waals surface area contributed by atoms with Crippen molar-refractivity contribution in [2.75, 3.05) is 32.5 Å². The van der Waals surface area contributed by atoms with Crippen LogP contribution < -0.4 is 23.8 Å². The fourth-order valence-electron chi connectivity index (χ4n) is 4.05. The molecule has 2 heterocycles. The van der Waals surface area contributed by atoms with Crippen molar-refractivity contribution in [2.24, 2.45) is 0 Å². The fraction of sp³-hybridized carbons (Fsp3) is 0.280. The summed E-state index contributed by atoms with van der Waals surface area (Å²) >= 11 is 1.89. The molecule has 0 fully saturated rings. The van der Waals surface area contributed by atoms with Crippen molar-refractivity contribution in [3.63, 3.8) is 0 Å². The quantitative estimate of drug-likeness (QED) is 0.514. The van der Waals surface area contributed by atoms with Crippen LogP contribution in [0, 0.1) is 0 Å². The molecule has 0 aliphatic carbocycles. The summed E-state index contributed by atoms with van der Waals surface area (Å²) in [6.07, 6.45) is 1.03. The standard InChI is InChI=1S/C25H25NO4S/c1-27-19-6-3-17(4-7-19)15-26-12-11-24(18-5-10-22-23(13-18)30-16-29-22)31-25-14-20(28-2)8-9-21(25)26/h3-10,13-14,24H,11-12,15-16H2,1-2H3/t24-/m0/s1. The van der Waals surface area contributed by atoms with Crippen molar-refractivity contribution >= 4 is 17.4 Å². The van der Waals surface area contributed by atoms with Gasteiger partial charge in [-0.2, -0.15) is 0 Å². The first-order valence-corrected chi connectivity index (χ1v) is 11.2. The van der Waals surface area contributed by atoms with E-state index in [1.807, 2.05) is 36.0 Å². The van der Waals surface area contributed by atoms with E-state index in [1.54, 1.807) is 14.2 Å². The molecular weight excluding hydrogens is 410 g/mol. The Hall–Kier alpha value is -2.99. The normalized spacial score (nSPS) is 17.1. The van der Waals surface area contributed by atoms with E-state index >= 15 is 0 Å². The largest absolute Gasteiger partial charge is 0.497 e. The number of methoxy groups -OCH3 is 2. The maximum Gasteiger partial charge on any atom is 0.231 e. The Kier molecular flexibility index (Phi) is 5.55. The summed E-state index contributed by atoms with van der Waals surface area (Å²) in [5.41, 5.74) is 3.76. The Morgan fingerprint density at radius 2 is 1.68 bits per heavy atom. The van der Waals surface area contributed by atoms with Crippen molar-refractivity contribution in [3.05, 3.63) is 71.8 Å². The molecule has 3 aromatic carbocycles. The number of fused-ring (bicyclic) bond motifs is 2. The highest BCUT2D eigenvalue weighted by molar-refractivity contribution is 7.99. The van der Waals surface area contributed by atoms with E-state index in [0.29, 0.717) is 12.0 Å². The Bertz CT molecular complexity index is 1070. The van der Waals surface area contributed by atoms with Gasteiger partial charge in [0.05, 0.1) is 19.9 Å². The summed E-state index contributed by atoms with van der Waals surface area (Å²) in [6.45, 7) is 2.10. The van der Waals surface area contributed by atoms with Crippen LogP contribution in [0.1, 0.15) is 22.8 Å². The second-order valence-electron chi connectivity index (χ2n) is 7.61. The van der Waals surface area contributed by atoms with Crippen LogP contribution in [0.5, 0.6) is 23.0 Å². The van der Waals surface area contributed by atoms with E-state index in [9.17, 15) is 0 Å². The van der Waals surface area contributed by atoms with E-state index in [1.165, 1.54) is 21.7 Å². The molecule has 31 heavy (non-hydrogen) atoms. The predicted octanol–water partition coefficient (Wildman–Crippen LogP) is 5.68. The number of thioether (sulfide) groups is 1. The maximum atomic E-state index is 5.61. The third kappa shape index (κ3) is 4.12. The van der Waals surface area contributed by atoms with E-state index in [0.717, 1.165) is 42.5 Å². The van der Waals surface area contributed by atoms with E-state index in [2.05, 4.69) is 41.3 Å². The third-order valence-electron chi connectivity index (χ3n) is 5.74. The van der Waals surface area contributed by atoms with Crippen molar-refractivity contribution in [1.82, 2.24) is 0 Å². The number of anilines is 1. The van der Waals surface area contributed by atoms with Gasteiger partial charge in [-0.25, -0.2) is 0 Å². The molecule has 0 bridgehead atoms. The zero-order valence-electron chi connectivity index (χ0n) is 17.7. The number of rotatable bonds is 5. The lowest BCUT2D eigenvalue weighted by atomic mass is 10.1. The highest BCUT2D eigenvalue weighted by Crippen LogP contribution is 2.48. The van der Waals surface area contributed by atoms with E-state index < -0.39 is 0 Å². The van der Waals surface area contributed by atoms with Gasteiger partial charge >= 0.3 is 0 Å². The Balaban J connectivity index is 1.45. The lowest BCUT2D eigenvalue weighted by molar-refractivity contribution is 0.174. The molecule has 0 unspecified atom stereocenters. The van der Waals surface area contributed by atoms with Gasteiger partial charge in [0.15, 0.2) is 11.5 Å². The number of ether oxygens (including phenoxy) is 4. The Morgan fingerprint density at radius 1 is 0.903 bits per heavy atom. The van der Waals surface area contributed by atoms with Crippen LogP contribution in [0.2, 0.25) is 0 Å². The van der Waals surface area contributed by atoms with Crippen molar-refractivity contribution < 1.29 is 18.9 Å². The highest BCUT2D eigenvalue weighted by atomic mass is 32.2. The molecule has 0 amide bonds. The highest BCUT2D eigenvalue weighted by Gasteiger charge is 2.25. The van der Waals surface area contributed by atoms with Crippen LogP contribution in [0.3, 0.4) is 0 Å². The van der Waals surface area contributed by atoms with Gasteiger partial charge < -0.3 is 23.8 Å². The molecule has 6 heteroatoms. The van der Waals surface area contributed by atoms with Crippen LogP contribution in [0.4, 0.5) is 5.69 Å². The molecule has 0 radical (unpaired) electrons. The molecule has 1 atom stereocenters. The third-order valence-corrected chi connectivity index (χ3v) is 7.11. The van der Waals surface area contributed by atoms with Crippen LogP contribution in [0.15, 0.2) is 65.6 Å². The van der Waals surface area contributed by atoms with Gasteiger partial charge in [0.25, 0.3) is 0 Å². The second-order valence-corrected chi connectivity index (χ2v) is 8.86. The van der Waals surface area contributed by atoms with E-state index in [4.69, 9.17) is 18.9 Å². The van der Waals surface area contributed by atoms with Crippen molar-refractivity contribution in [1.29, 1.82) is 0 Å². The van der Waals surface area contributed by atoms with Crippen molar-refractivity contribution in [2.45, 2.75) is 23.1 Å². The van der Waals surface area contributed by atoms with Gasteiger partial charge in [-0.05, 0) is 60.0 Å². The molecule has 0 spiro atoms. The SMILES string of the molecule is COc1ccc(CN2CC[C@@H](c3ccc4c(c3)OCO4)Sc3cc(OC)ccc32)cc1. The van der Waals surface area contributed by atoms with Crippen molar-refractivity contribution in [3.8, 4) is 23.0 Å². The average molecular weight is 436 g/mol. The Labute approximate surface area is 186 Å². The molecule has 2 aliphatic rings. The zero-order chi connectivity index (χ0) is 21.2. The first kappa shape index (κ1) is 19.9. The predicted molar refractivity (Wildman–Crippen MR) is 123 cm³/mol. The van der Waals surface area contributed by atoms with Crippen LogP contribution in [0.25, 0.3) is 0 Å². The van der Waals surface area contributed by atoms with E-state index in [-0.39, 0.29) is 0 Å². The lowest BCUT2D eigenvalue weighted by Crippen LogP contribution is -2.24. The number of nitrogens with zero attached hydrogens (tertiary/aromatic N) is 1. The summed E-state index contributed by atoms with van der Waals surface area (Å²) < 4.78 is 21.9. The van der Waals surface area contributed by atoms with Gasteiger partial charge in [-0.15, -0.1) is 11.8 Å². The molecule has 3 aromatic rings. The zero-order valence-corrected chi connectivity index (χ0v) is 18.5. The first-order valence-electron chi connectivity index (χ1n) is 10.4. The van der Waals surface area contributed by atoms with Gasteiger partial charge in [0, 0.05) is 23.2 Å². The number of hydrogen-bond donors (Lipinski definition) is 0. The minimum absolute atomic E-state index is 0.298. The summed E-state index contributed by atoms with van der Waals surface area (Å²) in [5, 5.41) is 0.321. The maximum absolute atomic E-state index is 5.61. The first-order chi connectivity index (χ1) is 15.2. The molecule has 0 aromatic heterocycles. The van der Waals surface area contributed by atoms with Gasteiger partial charge in [0.1, 0.15) is 11.5 Å². The smallest absolute Gasteiger partial charge is 0.231 e. The van der Waals surface area contributed by atoms with Crippen LogP contribution in [-0.2, 0) is 6.54 Å². The molecule has 0 N–H and O–H groups in total. The molecule has 0 saturated carbocycles. The fourth-order valence-corrected chi connectivity index (χ4v) is 5.36. The second kappa shape index (κ2) is 8.63. The lowest BCUT2D eigenvalue weighted by Gasteiger charge is -2.25. The minimum atomic E-state index is 0.298. The van der Waals surface area contributed by atoms with Gasteiger partial charge in [-0.3, -0.25) is 0 Å². The molecule has 2 aliphatic heterocycles. The average Bonchev–Trinajstić information content (AvgIpc) is 3.21. The molecule has 160 valence electrons. The van der Waals surface area contributed by atoms with Gasteiger partial charge in [-0.1, -0.05) is 18.2 Å². The molecule has 5 rings (SSSR count). The summed E-state index contributed by atoms with van der Waals surface area (Å²) in [7, 11) is 3.41. The Morgan fingerprint density at radius 3 is 2.48 bits per heavy atom. The summed E-state index contributed by atoms with van der Waals surface area (Å²) in [5.74, 6) is 3.42. The topological polar surface area (TPSA) is 40.2 Å². The number of hydrogen-bond acceptors (Lipinski definition) is 6. The van der Waals surface area contributed by atoms with Crippen LogP contribution in [-0.4, -0.2) is 27.6 Å².